The minimum absolute atomic E-state index is 0.000741. The molecule has 4 nitrogen and oxygen atoms in total. The van der Waals surface area contributed by atoms with Crippen molar-refractivity contribution >= 4 is 23.6 Å². The second kappa shape index (κ2) is 8.35. The number of carbonyl (C=O) groups excluding carboxylic acids is 2. The SMILES string of the molecule is C=CCN(CC(=O)OCC)C(=O)CSC. The lowest BCUT2D eigenvalue weighted by Gasteiger charge is -2.19. The predicted octanol–water partition coefficient (Wildman–Crippen LogP) is 0.927. The minimum Gasteiger partial charge on any atom is -0.465 e. The van der Waals surface area contributed by atoms with Crippen LogP contribution in [0.1, 0.15) is 6.92 Å². The van der Waals surface area contributed by atoms with Gasteiger partial charge in [-0.05, 0) is 13.2 Å². The molecule has 0 unspecified atom stereocenters. The van der Waals surface area contributed by atoms with E-state index >= 15 is 0 Å². The lowest BCUT2D eigenvalue weighted by atomic mass is 10.4. The van der Waals surface area contributed by atoms with E-state index in [0.717, 1.165) is 0 Å². The lowest BCUT2D eigenvalue weighted by Crippen LogP contribution is -2.37. The summed E-state index contributed by atoms with van der Waals surface area (Å²) in [5.74, 6) is -0.0861. The summed E-state index contributed by atoms with van der Waals surface area (Å²) >= 11 is 1.43. The molecule has 0 heterocycles. The van der Waals surface area contributed by atoms with E-state index in [0.29, 0.717) is 18.9 Å². The zero-order chi connectivity index (χ0) is 11.7. The second-order valence-corrected chi connectivity index (χ2v) is 3.67. The summed E-state index contributed by atoms with van der Waals surface area (Å²) in [6.45, 7) is 5.98. The summed E-state index contributed by atoms with van der Waals surface area (Å²) < 4.78 is 4.77. The molecule has 5 heteroatoms. The molecule has 0 aliphatic rings. The maximum Gasteiger partial charge on any atom is 0.325 e. The second-order valence-electron chi connectivity index (χ2n) is 2.80. The molecule has 15 heavy (non-hydrogen) atoms. The maximum absolute atomic E-state index is 11.5. The average Bonchev–Trinajstić information content (AvgIpc) is 2.18. The van der Waals surface area contributed by atoms with Crippen LogP contribution >= 0.6 is 11.8 Å². The number of ether oxygens (including phenoxy) is 1. The number of amides is 1. The third kappa shape index (κ3) is 6.17. The number of carbonyl (C=O) groups is 2. The molecular formula is C10H17NO3S. The van der Waals surface area contributed by atoms with E-state index in [1.54, 1.807) is 13.0 Å². The van der Waals surface area contributed by atoms with E-state index in [4.69, 9.17) is 4.74 Å². The normalized spacial score (nSPS) is 9.47. The molecule has 86 valence electrons. The van der Waals surface area contributed by atoms with Crippen molar-refractivity contribution in [2.24, 2.45) is 0 Å². The molecule has 0 atom stereocenters. The lowest BCUT2D eigenvalue weighted by molar-refractivity contribution is -0.147. The van der Waals surface area contributed by atoms with Gasteiger partial charge in [-0.3, -0.25) is 9.59 Å². The average molecular weight is 231 g/mol. The van der Waals surface area contributed by atoms with Crippen molar-refractivity contribution in [3.05, 3.63) is 12.7 Å². The van der Waals surface area contributed by atoms with E-state index in [1.165, 1.54) is 16.7 Å². The zero-order valence-electron chi connectivity index (χ0n) is 9.19. The summed E-state index contributed by atoms with van der Waals surface area (Å²) in [6.07, 6.45) is 3.44. The largest absolute Gasteiger partial charge is 0.465 e. The van der Waals surface area contributed by atoms with Crippen LogP contribution in [0.5, 0.6) is 0 Å². The van der Waals surface area contributed by atoms with Gasteiger partial charge in [0.15, 0.2) is 0 Å². The van der Waals surface area contributed by atoms with Gasteiger partial charge < -0.3 is 9.64 Å². The summed E-state index contributed by atoms with van der Waals surface area (Å²) in [4.78, 5) is 24.1. The molecule has 0 rings (SSSR count). The van der Waals surface area contributed by atoms with Crippen molar-refractivity contribution in [2.75, 3.05) is 31.7 Å². The molecule has 0 aliphatic heterocycles. The minimum atomic E-state index is -0.381. The van der Waals surface area contributed by atoms with E-state index in [9.17, 15) is 9.59 Å². The number of thioether (sulfide) groups is 1. The molecular weight excluding hydrogens is 214 g/mol. The molecule has 0 radical (unpaired) electrons. The molecule has 0 aromatic rings. The molecule has 0 N–H and O–H groups in total. The number of esters is 1. The Bertz CT molecular complexity index is 231. The first-order valence-electron chi connectivity index (χ1n) is 4.68. The van der Waals surface area contributed by atoms with Crippen molar-refractivity contribution < 1.29 is 14.3 Å². The van der Waals surface area contributed by atoms with Gasteiger partial charge in [0.25, 0.3) is 0 Å². The Hall–Kier alpha value is -0.970. The van der Waals surface area contributed by atoms with E-state index in [-0.39, 0.29) is 18.4 Å². The van der Waals surface area contributed by atoms with Crippen LogP contribution in [0.15, 0.2) is 12.7 Å². The van der Waals surface area contributed by atoms with Crippen molar-refractivity contribution in [3.63, 3.8) is 0 Å². The fraction of sp³-hybridized carbons (Fsp3) is 0.600. The fourth-order valence-electron chi connectivity index (χ4n) is 0.988. The molecule has 0 aliphatic carbocycles. The highest BCUT2D eigenvalue weighted by atomic mass is 32.2. The number of hydrogen-bond acceptors (Lipinski definition) is 4. The van der Waals surface area contributed by atoms with Gasteiger partial charge in [0, 0.05) is 6.54 Å². The van der Waals surface area contributed by atoms with E-state index < -0.39 is 0 Å². The number of rotatable bonds is 7. The van der Waals surface area contributed by atoms with Gasteiger partial charge >= 0.3 is 5.97 Å². The van der Waals surface area contributed by atoms with Gasteiger partial charge in [0.2, 0.25) is 5.91 Å². The highest BCUT2D eigenvalue weighted by Gasteiger charge is 2.15. The van der Waals surface area contributed by atoms with Gasteiger partial charge in [-0.1, -0.05) is 6.08 Å². The maximum atomic E-state index is 11.5. The smallest absolute Gasteiger partial charge is 0.325 e. The molecule has 0 saturated carbocycles. The van der Waals surface area contributed by atoms with E-state index in [1.807, 2.05) is 6.26 Å². The molecule has 0 aromatic heterocycles. The Morgan fingerprint density at radius 3 is 2.67 bits per heavy atom. The van der Waals surface area contributed by atoms with Crippen molar-refractivity contribution in [1.29, 1.82) is 0 Å². The van der Waals surface area contributed by atoms with Crippen LogP contribution in [0.4, 0.5) is 0 Å². The van der Waals surface area contributed by atoms with Crippen LogP contribution in [0.25, 0.3) is 0 Å². The molecule has 0 aromatic carbocycles. The van der Waals surface area contributed by atoms with Crippen LogP contribution in [0, 0.1) is 0 Å². The highest BCUT2D eigenvalue weighted by Crippen LogP contribution is 1.99. The van der Waals surface area contributed by atoms with Crippen LogP contribution in [0.2, 0.25) is 0 Å². The van der Waals surface area contributed by atoms with Gasteiger partial charge in [0.1, 0.15) is 6.54 Å². The Kier molecular flexibility index (Phi) is 7.81. The van der Waals surface area contributed by atoms with Crippen molar-refractivity contribution in [2.45, 2.75) is 6.92 Å². The van der Waals surface area contributed by atoms with Crippen LogP contribution in [-0.4, -0.2) is 48.5 Å². The fourth-order valence-corrected chi connectivity index (χ4v) is 1.42. The quantitative estimate of drug-likeness (QED) is 0.483. The topological polar surface area (TPSA) is 46.6 Å². The predicted molar refractivity (Wildman–Crippen MR) is 61.8 cm³/mol. The molecule has 0 bridgehead atoms. The molecule has 0 spiro atoms. The Balaban J connectivity index is 4.19. The van der Waals surface area contributed by atoms with Gasteiger partial charge in [-0.2, -0.15) is 11.8 Å². The van der Waals surface area contributed by atoms with Gasteiger partial charge in [-0.25, -0.2) is 0 Å². The first-order valence-corrected chi connectivity index (χ1v) is 6.08. The summed E-state index contributed by atoms with van der Waals surface area (Å²) in [5.41, 5.74) is 0. The van der Waals surface area contributed by atoms with Crippen molar-refractivity contribution in [1.82, 2.24) is 4.90 Å². The highest BCUT2D eigenvalue weighted by molar-refractivity contribution is 7.99. The summed E-state index contributed by atoms with van der Waals surface area (Å²) in [7, 11) is 0. The first kappa shape index (κ1) is 14.0. The zero-order valence-corrected chi connectivity index (χ0v) is 10.0. The van der Waals surface area contributed by atoms with Crippen LogP contribution < -0.4 is 0 Å². The summed E-state index contributed by atoms with van der Waals surface area (Å²) in [6, 6.07) is 0. The monoisotopic (exact) mass is 231 g/mol. The Labute approximate surface area is 94.7 Å². The van der Waals surface area contributed by atoms with Crippen LogP contribution in [0.3, 0.4) is 0 Å². The summed E-state index contributed by atoms with van der Waals surface area (Å²) in [5, 5.41) is 0. The van der Waals surface area contributed by atoms with Gasteiger partial charge in [0.05, 0.1) is 12.4 Å². The molecule has 0 fully saturated rings. The van der Waals surface area contributed by atoms with Gasteiger partial charge in [-0.15, -0.1) is 6.58 Å². The van der Waals surface area contributed by atoms with E-state index in [2.05, 4.69) is 6.58 Å². The standard InChI is InChI=1S/C10H17NO3S/c1-4-6-11(9(12)8-15-3)7-10(13)14-5-2/h4H,1,5-8H2,2-3H3. The third-order valence-corrected chi connectivity index (χ3v) is 2.13. The number of nitrogens with zero attached hydrogens (tertiary/aromatic N) is 1. The Morgan fingerprint density at radius 2 is 2.20 bits per heavy atom. The molecule has 0 saturated heterocycles. The molecule has 1 amide bonds. The number of hydrogen-bond donors (Lipinski definition) is 0. The Morgan fingerprint density at radius 1 is 1.53 bits per heavy atom. The first-order chi connectivity index (χ1) is 7.15. The third-order valence-electron chi connectivity index (χ3n) is 1.60. The van der Waals surface area contributed by atoms with Crippen molar-refractivity contribution in [3.8, 4) is 0 Å². The van der Waals surface area contributed by atoms with Crippen LogP contribution in [-0.2, 0) is 14.3 Å².